The molecule has 1 aliphatic heterocycles. The van der Waals surface area contributed by atoms with E-state index in [1.165, 1.54) is 16.8 Å². The van der Waals surface area contributed by atoms with Crippen molar-refractivity contribution in [2.45, 2.75) is 19.6 Å². The van der Waals surface area contributed by atoms with Crippen molar-refractivity contribution in [1.29, 1.82) is 0 Å². The average molecular weight is 253 g/mol. The number of anilines is 1. The summed E-state index contributed by atoms with van der Waals surface area (Å²) in [5.41, 5.74) is 3.76. The fourth-order valence-electron chi connectivity index (χ4n) is 2.60. The Labute approximate surface area is 114 Å². The molecular weight excluding hydrogens is 234 g/mol. The van der Waals surface area contributed by atoms with Gasteiger partial charge >= 0.3 is 0 Å². The fraction of sp³-hybridized carbons (Fsp3) is 0.294. The molecule has 0 amide bonds. The molecule has 2 aromatic rings. The lowest BCUT2D eigenvalue weighted by atomic mass is 10.1. The van der Waals surface area contributed by atoms with Crippen LogP contribution >= 0.6 is 0 Å². The maximum absolute atomic E-state index is 6.00. The van der Waals surface area contributed by atoms with E-state index < -0.39 is 0 Å². The Morgan fingerprint density at radius 3 is 2.68 bits per heavy atom. The van der Waals surface area contributed by atoms with Crippen LogP contribution in [0.1, 0.15) is 23.8 Å². The second-order valence-corrected chi connectivity index (χ2v) is 5.02. The van der Waals surface area contributed by atoms with Gasteiger partial charge in [-0.05, 0) is 31.0 Å². The first-order chi connectivity index (χ1) is 9.34. The Hall–Kier alpha value is -1.80. The number of nitrogens with zero attached hydrogens (tertiary/aromatic N) is 1. The minimum atomic E-state index is 0.0387. The van der Waals surface area contributed by atoms with Crippen molar-refractivity contribution in [3.05, 3.63) is 65.7 Å². The predicted octanol–water partition coefficient (Wildman–Crippen LogP) is 3.92. The molecule has 1 heterocycles. The third-order valence-corrected chi connectivity index (χ3v) is 3.52. The Morgan fingerprint density at radius 1 is 1.05 bits per heavy atom. The Kier molecular flexibility index (Phi) is 3.51. The highest BCUT2D eigenvalue weighted by molar-refractivity contribution is 5.50. The summed E-state index contributed by atoms with van der Waals surface area (Å²) in [7, 11) is 0. The van der Waals surface area contributed by atoms with E-state index in [2.05, 4.69) is 60.4 Å². The molecule has 0 radical (unpaired) electrons. The molecule has 0 aliphatic carbocycles. The monoisotopic (exact) mass is 253 g/mol. The third-order valence-electron chi connectivity index (χ3n) is 3.52. The van der Waals surface area contributed by atoms with Crippen LogP contribution < -0.4 is 4.90 Å². The fourth-order valence-corrected chi connectivity index (χ4v) is 2.60. The molecule has 3 rings (SSSR count). The molecule has 2 nitrogen and oxygen atoms in total. The smallest absolute Gasteiger partial charge is 0.156 e. The number of hydrogen-bond donors (Lipinski definition) is 0. The second kappa shape index (κ2) is 5.45. The maximum atomic E-state index is 6.00. The summed E-state index contributed by atoms with van der Waals surface area (Å²) < 4.78 is 6.00. The topological polar surface area (TPSA) is 12.5 Å². The summed E-state index contributed by atoms with van der Waals surface area (Å²) in [5, 5.41) is 0. The summed E-state index contributed by atoms with van der Waals surface area (Å²) in [5.74, 6) is 0. The minimum absolute atomic E-state index is 0.0387. The van der Waals surface area contributed by atoms with Gasteiger partial charge in [-0.2, -0.15) is 0 Å². The van der Waals surface area contributed by atoms with Crippen molar-refractivity contribution < 1.29 is 4.74 Å². The lowest BCUT2D eigenvalue weighted by molar-refractivity contribution is 0.0248. The Bertz CT molecular complexity index is 538. The van der Waals surface area contributed by atoms with Crippen LogP contribution in [0.5, 0.6) is 0 Å². The standard InChI is InChI=1S/C17H19NO/c1-14-7-5-10-16(13-14)18-11-6-12-19-17(18)15-8-3-2-4-9-15/h2-5,7-10,13,17H,6,11-12H2,1H3. The molecule has 1 fully saturated rings. The van der Waals surface area contributed by atoms with E-state index in [4.69, 9.17) is 4.74 Å². The normalized spacial score (nSPS) is 19.4. The summed E-state index contributed by atoms with van der Waals surface area (Å²) in [6, 6.07) is 19.1. The van der Waals surface area contributed by atoms with E-state index in [0.717, 1.165) is 19.6 Å². The van der Waals surface area contributed by atoms with E-state index in [1.54, 1.807) is 0 Å². The molecule has 98 valence electrons. The highest BCUT2D eigenvalue weighted by atomic mass is 16.5. The van der Waals surface area contributed by atoms with Crippen LogP contribution in [-0.4, -0.2) is 13.2 Å². The van der Waals surface area contributed by atoms with Crippen LogP contribution in [0.2, 0.25) is 0 Å². The van der Waals surface area contributed by atoms with Crippen LogP contribution in [0, 0.1) is 6.92 Å². The number of rotatable bonds is 2. The first-order valence-electron chi connectivity index (χ1n) is 6.84. The van der Waals surface area contributed by atoms with Crippen molar-refractivity contribution in [3.63, 3.8) is 0 Å². The van der Waals surface area contributed by atoms with E-state index in [9.17, 15) is 0 Å². The van der Waals surface area contributed by atoms with Gasteiger partial charge in [0.1, 0.15) is 0 Å². The van der Waals surface area contributed by atoms with Gasteiger partial charge in [0.05, 0.1) is 6.61 Å². The predicted molar refractivity (Wildman–Crippen MR) is 78.3 cm³/mol. The maximum Gasteiger partial charge on any atom is 0.156 e. The molecule has 0 N–H and O–H groups in total. The average Bonchev–Trinajstić information content (AvgIpc) is 2.48. The van der Waals surface area contributed by atoms with Crippen molar-refractivity contribution in [1.82, 2.24) is 0 Å². The van der Waals surface area contributed by atoms with E-state index in [1.807, 2.05) is 6.07 Å². The van der Waals surface area contributed by atoms with Gasteiger partial charge < -0.3 is 9.64 Å². The number of ether oxygens (including phenoxy) is 1. The van der Waals surface area contributed by atoms with Crippen LogP contribution in [-0.2, 0) is 4.74 Å². The first-order valence-corrected chi connectivity index (χ1v) is 6.84. The highest BCUT2D eigenvalue weighted by Crippen LogP contribution is 2.31. The molecule has 0 saturated carbocycles. The zero-order chi connectivity index (χ0) is 13.1. The van der Waals surface area contributed by atoms with Crippen molar-refractivity contribution in [3.8, 4) is 0 Å². The number of aryl methyl sites for hydroxylation is 1. The lowest BCUT2D eigenvalue weighted by Crippen LogP contribution is -2.36. The van der Waals surface area contributed by atoms with E-state index in [0.29, 0.717) is 0 Å². The van der Waals surface area contributed by atoms with Crippen LogP contribution in [0.15, 0.2) is 54.6 Å². The van der Waals surface area contributed by atoms with Gasteiger partial charge in [-0.15, -0.1) is 0 Å². The number of benzene rings is 2. The Morgan fingerprint density at radius 2 is 1.89 bits per heavy atom. The minimum Gasteiger partial charge on any atom is -0.354 e. The molecule has 0 spiro atoms. The molecular formula is C17H19NO. The Balaban J connectivity index is 1.93. The third kappa shape index (κ3) is 2.64. The number of hydrogen-bond acceptors (Lipinski definition) is 2. The van der Waals surface area contributed by atoms with Gasteiger partial charge in [-0.3, -0.25) is 0 Å². The van der Waals surface area contributed by atoms with E-state index >= 15 is 0 Å². The van der Waals surface area contributed by atoms with E-state index in [-0.39, 0.29) is 6.23 Å². The zero-order valence-corrected chi connectivity index (χ0v) is 11.3. The molecule has 1 unspecified atom stereocenters. The van der Waals surface area contributed by atoms with Gasteiger partial charge in [0.25, 0.3) is 0 Å². The lowest BCUT2D eigenvalue weighted by Gasteiger charge is -2.37. The van der Waals surface area contributed by atoms with Crippen molar-refractivity contribution in [2.24, 2.45) is 0 Å². The van der Waals surface area contributed by atoms with Gasteiger partial charge in [-0.25, -0.2) is 0 Å². The first kappa shape index (κ1) is 12.2. The highest BCUT2D eigenvalue weighted by Gasteiger charge is 2.24. The van der Waals surface area contributed by atoms with Crippen molar-refractivity contribution >= 4 is 5.69 Å². The summed E-state index contributed by atoms with van der Waals surface area (Å²) in [6.07, 6.45) is 1.12. The van der Waals surface area contributed by atoms with Crippen LogP contribution in [0.3, 0.4) is 0 Å². The molecule has 2 heteroatoms. The quantitative estimate of drug-likeness (QED) is 0.804. The molecule has 0 aromatic heterocycles. The zero-order valence-electron chi connectivity index (χ0n) is 11.3. The van der Waals surface area contributed by atoms with Gasteiger partial charge in [0.15, 0.2) is 6.23 Å². The second-order valence-electron chi connectivity index (χ2n) is 5.02. The summed E-state index contributed by atoms with van der Waals surface area (Å²) in [4.78, 5) is 2.35. The van der Waals surface area contributed by atoms with Gasteiger partial charge in [0, 0.05) is 17.8 Å². The molecule has 0 bridgehead atoms. The van der Waals surface area contributed by atoms with Crippen molar-refractivity contribution in [2.75, 3.05) is 18.1 Å². The molecule has 19 heavy (non-hydrogen) atoms. The molecule has 1 atom stereocenters. The summed E-state index contributed by atoms with van der Waals surface area (Å²) in [6.45, 7) is 4.01. The van der Waals surface area contributed by atoms with Gasteiger partial charge in [0.2, 0.25) is 0 Å². The summed E-state index contributed by atoms with van der Waals surface area (Å²) >= 11 is 0. The molecule has 2 aromatic carbocycles. The largest absolute Gasteiger partial charge is 0.354 e. The SMILES string of the molecule is Cc1cccc(N2CCCOC2c2ccccc2)c1. The molecule has 1 saturated heterocycles. The van der Waals surface area contributed by atoms with Crippen LogP contribution in [0.25, 0.3) is 0 Å². The van der Waals surface area contributed by atoms with Crippen LogP contribution in [0.4, 0.5) is 5.69 Å². The molecule has 1 aliphatic rings. The van der Waals surface area contributed by atoms with Gasteiger partial charge in [-0.1, -0.05) is 42.5 Å².